The van der Waals surface area contributed by atoms with E-state index in [4.69, 9.17) is 17.0 Å². The van der Waals surface area contributed by atoms with Gasteiger partial charge in [-0.3, -0.25) is 0 Å². The third kappa shape index (κ3) is 4.42. The molecule has 3 aromatic rings. The molecule has 0 saturated heterocycles. The summed E-state index contributed by atoms with van der Waals surface area (Å²) >= 11 is 5.72. The lowest BCUT2D eigenvalue weighted by molar-refractivity contribution is 0.340. The number of para-hydroxylation sites is 1. The molecule has 142 valence electrons. The quantitative estimate of drug-likeness (QED) is 0.596. The van der Waals surface area contributed by atoms with Crippen molar-refractivity contribution in [3.63, 3.8) is 0 Å². The van der Waals surface area contributed by atoms with Crippen LogP contribution in [0.5, 0.6) is 5.75 Å². The van der Waals surface area contributed by atoms with E-state index in [1.165, 1.54) is 16.5 Å². The zero-order valence-corrected chi connectivity index (χ0v) is 17.2. The van der Waals surface area contributed by atoms with E-state index >= 15 is 0 Å². The van der Waals surface area contributed by atoms with E-state index in [1.807, 2.05) is 31.2 Å². The zero-order chi connectivity index (χ0) is 19.4. The van der Waals surface area contributed by atoms with Crippen molar-refractivity contribution in [3.8, 4) is 5.75 Å². The number of aryl methyl sites for hydroxylation is 1. The Hall–Kier alpha value is -2.53. The molecule has 0 aliphatic rings. The third-order valence-electron chi connectivity index (χ3n) is 4.62. The molecule has 0 radical (unpaired) electrons. The van der Waals surface area contributed by atoms with Crippen molar-refractivity contribution in [1.82, 2.24) is 9.47 Å². The molecule has 0 aliphatic heterocycles. The summed E-state index contributed by atoms with van der Waals surface area (Å²) in [5, 5.41) is 5.36. The van der Waals surface area contributed by atoms with Crippen LogP contribution in [0.4, 0.5) is 5.69 Å². The number of hydrogen-bond acceptors (Lipinski definition) is 2. The van der Waals surface area contributed by atoms with E-state index in [-0.39, 0.29) is 6.04 Å². The second kappa shape index (κ2) is 8.44. The smallest absolute Gasteiger partial charge is 0.173 e. The zero-order valence-electron chi connectivity index (χ0n) is 16.4. The van der Waals surface area contributed by atoms with Gasteiger partial charge in [0.25, 0.3) is 0 Å². The lowest BCUT2D eigenvalue weighted by Gasteiger charge is -2.29. The minimum Gasteiger partial charge on any atom is -0.494 e. The molecule has 0 unspecified atom stereocenters. The molecule has 4 nitrogen and oxygen atoms in total. The predicted octanol–water partition coefficient (Wildman–Crippen LogP) is 5.18. The van der Waals surface area contributed by atoms with Crippen molar-refractivity contribution >= 4 is 33.9 Å². The van der Waals surface area contributed by atoms with Gasteiger partial charge in [-0.25, -0.2) is 0 Å². The van der Waals surface area contributed by atoms with Crippen LogP contribution in [0.25, 0.3) is 10.9 Å². The second-order valence-electron chi connectivity index (χ2n) is 6.89. The maximum atomic E-state index is 5.72. The van der Waals surface area contributed by atoms with Crippen molar-refractivity contribution in [1.29, 1.82) is 0 Å². The fraction of sp³-hybridized carbons (Fsp3) is 0.318. The number of rotatable bonds is 6. The van der Waals surface area contributed by atoms with Gasteiger partial charge in [0.05, 0.1) is 6.61 Å². The van der Waals surface area contributed by atoms with E-state index in [0.717, 1.165) is 23.1 Å². The van der Waals surface area contributed by atoms with Crippen LogP contribution in [0.2, 0.25) is 0 Å². The highest BCUT2D eigenvalue weighted by Gasteiger charge is 2.17. The molecule has 5 heteroatoms. The minimum atomic E-state index is 0.284. The first-order chi connectivity index (χ1) is 13.0. The Kier molecular flexibility index (Phi) is 6.01. The van der Waals surface area contributed by atoms with Crippen molar-refractivity contribution in [2.75, 3.05) is 11.9 Å². The largest absolute Gasteiger partial charge is 0.494 e. The van der Waals surface area contributed by atoms with Crippen molar-refractivity contribution in [2.45, 2.75) is 33.4 Å². The Balaban J connectivity index is 1.77. The number of nitrogens with one attached hydrogen (secondary N) is 1. The lowest BCUT2D eigenvalue weighted by Crippen LogP contribution is -2.39. The Bertz CT molecular complexity index is 915. The van der Waals surface area contributed by atoms with Crippen LogP contribution < -0.4 is 10.1 Å². The molecular weight excluding hydrogens is 354 g/mol. The molecule has 1 heterocycles. The maximum absolute atomic E-state index is 5.72. The first-order valence-corrected chi connectivity index (χ1v) is 9.73. The fourth-order valence-corrected chi connectivity index (χ4v) is 3.61. The van der Waals surface area contributed by atoms with Gasteiger partial charge in [0, 0.05) is 42.4 Å². The van der Waals surface area contributed by atoms with Crippen LogP contribution in [-0.2, 0) is 13.6 Å². The normalized spacial score (nSPS) is 11.0. The van der Waals surface area contributed by atoms with Crippen LogP contribution in [0.15, 0.2) is 54.7 Å². The molecule has 1 N–H and O–H groups in total. The molecule has 0 atom stereocenters. The average Bonchev–Trinajstić information content (AvgIpc) is 2.97. The van der Waals surface area contributed by atoms with E-state index in [0.29, 0.717) is 6.61 Å². The maximum Gasteiger partial charge on any atom is 0.173 e. The van der Waals surface area contributed by atoms with Gasteiger partial charge in [-0.15, -0.1) is 0 Å². The van der Waals surface area contributed by atoms with E-state index in [9.17, 15) is 0 Å². The van der Waals surface area contributed by atoms with E-state index < -0.39 is 0 Å². The summed E-state index contributed by atoms with van der Waals surface area (Å²) < 4.78 is 7.67. The van der Waals surface area contributed by atoms with Gasteiger partial charge in [-0.1, -0.05) is 18.2 Å². The molecule has 2 aromatic carbocycles. The monoisotopic (exact) mass is 381 g/mol. The van der Waals surface area contributed by atoms with Crippen LogP contribution in [0.1, 0.15) is 26.3 Å². The molecular formula is C22H27N3OS. The van der Waals surface area contributed by atoms with Crippen molar-refractivity contribution < 1.29 is 4.74 Å². The van der Waals surface area contributed by atoms with Crippen molar-refractivity contribution in [3.05, 3.63) is 60.3 Å². The topological polar surface area (TPSA) is 29.4 Å². The predicted molar refractivity (Wildman–Crippen MR) is 117 cm³/mol. The van der Waals surface area contributed by atoms with Gasteiger partial charge in [0.15, 0.2) is 5.11 Å². The Morgan fingerprint density at radius 2 is 1.85 bits per heavy atom. The number of benzene rings is 2. The first-order valence-electron chi connectivity index (χ1n) is 9.33. The van der Waals surface area contributed by atoms with Gasteiger partial charge >= 0.3 is 0 Å². The molecule has 27 heavy (non-hydrogen) atoms. The molecule has 0 saturated carbocycles. The lowest BCUT2D eigenvalue weighted by atomic mass is 10.1. The van der Waals surface area contributed by atoms with Crippen molar-refractivity contribution in [2.24, 2.45) is 7.05 Å². The summed E-state index contributed by atoms with van der Waals surface area (Å²) in [5.74, 6) is 0.866. The Morgan fingerprint density at radius 1 is 1.15 bits per heavy atom. The molecule has 0 aliphatic carbocycles. The van der Waals surface area contributed by atoms with Gasteiger partial charge in [0.2, 0.25) is 0 Å². The van der Waals surface area contributed by atoms with Gasteiger partial charge in [0.1, 0.15) is 5.75 Å². The van der Waals surface area contributed by atoms with Crippen LogP contribution >= 0.6 is 12.2 Å². The van der Waals surface area contributed by atoms with Crippen LogP contribution in [0.3, 0.4) is 0 Å². The number of hydrogen-bond donors (Lipinski definition) is 1. The summed E-state index contributed by atoms with van der Waals surface area (Å²) in [4.78, 5) is 2.22. The fourth-order valence-electron chi connectivity index (χ4n) is 3.22. The summed E-state index contributed by atoms with van der Waals surface area (Å²) in [6.07, 6.45) is 2.19. The molecule has 0 amide bonds. The van der Waals surface area contributed by atoms with Gasteiger partial charge in [-0.05, 0) is 68.9 Å². The second-order valence-corrected chi connectivity index (χ2v) is 7.28. The highest BCUT2D eigenvalue weighted by Crippen LogP contribution is 2.23. The minimum absolute atomic E-state index is 0.284. The highest BCUT2D eigenvalue weighted by molar-refractivity contribution is 7.80. The summed E-state index contributed by atoms with van der Waals surface area (Å²) in [5.41, 5.74) is 3.48. The van der Waals surface area contributed by atoms with Crippen LogP contribution in [0, 0.1) is 0 Å². The van der Waals surface area contributed by atoms with Gasteiger partial charge in [-0.2, -0.15) is 0 Å². The van der Waals surface area contributed by atoms with E-state index in [1.54, 1.807) is 0 Å². The molecule has 3 rings (SSSR count). The standard InChI is InChI=1S/C22H27N3OS/c1-5-26-19-12-10-18(11-13-19)23-22(27)25(16(2)3)15-17-14-24(4)21-9-7-6-8-20(17)21/h6-14,16H,5,15H2,1-4H3,(H,23,27). The van der Waals surface area contributed by atoms with E-state index in [2.05, 4.69) is 66.1 Å². The van der Waals surface area contributed by atoms with Gasteiger partial charge < -0.3 is 19.5 Å². The Labute approximate surface area is 166 Å². The SMILES string of the molecule is CCOc1ccc(NC(=S)N(Cc2cn(C)c3ccccc23)C(C)C)cc1. The number of thiocarbonyl (C=S) groups is 1. The molecule has 0 fully saturated rings. The van der Waals surface area contributed by atoms with Crippen LogP contribution in [-0.4, -0.2) is 27.2 Å². The summed E-state index contributed by atoms with van der Waals surface area (Å²) in [6, 6.07) is 16.7. The molecule has 0 bridgehead atoms. The number of aromatic nitrogens is 1. The Morgan fingerprint density at radius 3 is 2.52 bits per heavy atom. The number of fused-ring (bicyclic) bond motifs is 1. The summed E-state index contributed by atoms with van der Waals surface area (Å²) in [6.45, 7) is 7.74. The highest BCUT2D eigenvalue weighted by atomic mass is 32.1. The first kappa shape index (κ1) is 19.2. The number of ether oxygens (including phenoxy) is 1. The molecule has 1 aromatic heterocycles. The average molecular weight is 382 g/mol. The number of nitrogens with zero attached hydrogens (tertiary/aromatic N) is 2. The third-order valence-corrected chi connectivity index (χ3v) is 4.96. The summed E-state index contributed by atoms with van der Waals surface area (Å²) in [7, 11) is 2.09. The molecule has 0 spiro atoms. The number of anilines is 1.